The minimum atomic E-state index is 0.422. The molecule has 0 rings (SSSR count). The monoisotopic (exact) mass is 1180 g/mol. The van der Waals surface area contributed by atoms with Crippen LogP contribution in [0.15, 0.2) is 0 Å². The fraction of sp³-hybridized carbons (Fsp3) is 1.00. The van der Waals surface area contributed by atoms with Gasteiger partial charge in [-0.2, -0.15) is 0 Å². The van der Waals surface area contributed by atoms with Crippen LogP contribution in [-0.2, 0) is 90.0 Å². The molecule has 496 valence electrons. The molecule has 0 saturated heterocycles. The van der Waals surface area contributed by atoms with E-state index in [0.717, 1.165) is 268 Å². The second kappa shape index (κ2) is 98.3. The first-order valence-corrected chi connectivity index (χ1v) is 32.0. The molecule has 0 fully saturated rings. The highest BCUT2D eigenvalue weighted by Gasteiger charge is 1.97. The first kappa shape index (κ1) is 89.0. The van der Waals surface area contributed by atoms with Gasteiger partial charge in [0.1, 0.15) is 6.79 Å². The van der Waals surface area contributed by atoms with Crippen molar-refractivity contribution in [3.63, 3.8) is 0 Å². The Labute approximate surface area is 498 Å². The SMILES string of the molecule is CCOCCCCOCCCOCC.CCOCCCCOCCOCC.CCOCCCCOCOCC.CCOCCOCCCCOCCCCOCCOCC.CCOCCOCCCCOCCCCOCCOCC. The van der Waals surface area contributed by atoms with Crippen LogP contribution in [0.1, 0.15) is 166 Å². The average Bonchev–Trinajstić information content (AvgIpc) is 3.48. The molecular formula is C62H134O19. The van der Waals surface area contributed by atoms with Gasteiger partial charge < -0.3 is 90.0 Å². The maximum absolute atomic E-state index is 5.56. The summed E-state index contributed by atoms with van der Waals surface area (Å²) in [6, 6.07) is 0. The minimum absolute atomic E-state index is 0.422. The zero-order valence-electron chi connectivity index (χ0n) is 54.5. The van der Waals surface area contributed by atoms with Crippen molar-refractivity contribution in [1.29, 1.82) is 0 Å². The third kappa shape index (κ3) is 111. The van der Waals surface area contributed by atoms with Gasteiger partial charge in [0.05, 0.1) is 66.1 Å². The van der Waals surface area contributed by atoms with E-state index in [1.807, 2.05) is 69.2 Å². The van der Waals surface area contributed by atoms with Crippen LogP contribution in [0.5, 0.6) is 0 Å². The lowest BCUT2D eigenvalue weighted by atomic mass is 10.3. The smallest absolute Gasteiger partial charge is 0.146 e. The van der Waals surface area contributed by atoms with E-state index in [-0.39, 0.29) is 0 Å². The highest BCUT2D eigenvalue weighted by Crippen LogP contribution is 1.99. The largest absolute Gasteiger partial charge is 0.382 e. The van der Waals surface area contributed by atoms with Crippen LogP contribution in [0, 0.1) is 0 Å². The molecule has 0 heterocycles. The summed E-state index contributed by atoms with van der Waals surface area (Å²) < 4.78 is 100. The molecule has 19 nitrogen and oxygen atoms in total. The Morgan fingerprint density at radius 3 is 0.432 bits per heavy atom. The second-order valence-electron chi connectivity index (χ2n) is 17.5. The molecule has 0 unspecified atom stereocenters. The Bertz CT molecular complexity index is 831. The number of hydrogen-bond donors (Lipinski definition) is 0. The second-order valence-corrected chi connectivity index (χ2v) is 17.5. The highest BCUT2D eigenvalue weighted by molar-refractivity contribution is 4.45. The molecule has 0 saturated carbocycles. The number of ether oxygens (including phenoxy) is 19. The van der Waals surface area contributed by atoms with E-state index in [1.54, 1.807) is 0 Å². The van der Waals surface area contributed by atoms with Gasteiger partial charge in [-0.1, -0.05) is 0 Å². The van der Waals surface area contributed by atoms with Gasteiger partial charge in [0.25, 0.3) is 0 Å². The van der Waals surface area contributed by atoms with E-state index in [1.165, 1.54) is 0 Å². The van der Waals surface area contributed by atoms with Crippen molar-refractivity contribution >= 4 is 0 Å². The van der Waals surface area contributed by atoms with Crippen molar-refractivity contribution in [3.05, 3.63) is 0 Å². The predicted octanol–water partition coefficient (Wildman–Crippen LogP) is 11.3. The maximum Gasteiger partial charge on any atom is 0.146 e. The van der Waals surface area contributed by atoms with Crippen LogP contribution in [0.2, 0.25) is 0 Å². The Hall–Kier alpha value is -0.760. The summed E-state index contributed by atoms with van der Waals surface area (Å²) in [6.45, 7) is 48.2. The van der Waals surface area contributed by atoms with Gasteiger partial charge in [0.15, 0.2) is 0 Å². The third-order valence-electron chi connectivity index (χ3n) is 10.4. The molecule has 0 amide bonds. The molecule has 0 aliphatic heterocycles. The first-order valence-electron chi connectivity index (χ1n) is 32.0. The van der Waals surface area contributed by atoms with Crippen LogP contribution in [0.25, 0.3) is 0 Å². The van der Waals surface area contributed by atoms with E-state index < -0.39 is 0 Å². The van der Waals surface area contributed by atoms with Gasteiger partial charge in [-0.25, -0.2) is 0 Å². The lowest BCUT2D eigenvalue weighted by Crippen LogP contribution is -2.07. The summed E-state index contributed by atoms with van der Waals surface area (Å²) in [5, 5.41) is 0. The summed E-state index contributed by atoms with van der Waals surface area (Å²) in [4.78, 5) is 0. The van der Waals surface area contributed by atoms with E-state index in [2.05, 4.69) is 0 Å². The van der Waals surface area contributed by atoms with E-state index in [4.69, 9.17) is 90.0 Å². The molecule has 81 heavy (non-hydrogen) atoms. The van der Waals surface area contributed by atoms with Crippen molar-refractivity contribution in [1.82, 2.24) is 0 Å². The molecule has 19 heteroatoms. The fourth-order valence-corrected chi connectivity index (χ4v) is 6.03. The molecule has 0 spiro atoms. The number of hydrogen-bond acceptors (Lipinski definition) is 19. The predicted molar refractivity (Wildman–Crippen MR) is 327 cm³/mol. The van der Waals surface area contributed by atoms with E-state index >= 15 is 0 Å². The van der Waals surface area contributed by atoms with Gasteiger partial charge >= 0.3 is 0 Å². The van der Waals surface area contributed by atoms with Crippen LogP contribution >= 0.6 is 0 Å². The van der Waals surface area contributed by atoms with E-state index in [0.29, 0.717) is 72.9 Å². The summed E-state index contributed by atoms with van der Waals surface area (Å²) in [7, 11) is 0. The Balaban J connectivity index is -0.000000303. The normalized spacial score (nSPS) is 10.9. The Morgan fingerprint density at radius 1 is 0.111 bits per heavy atom. The standard InChI is InChI=1S/2C16H34O5.C11H24O3.C10H22O3.C9H20O3/c2*1-3-17-13-15-20-11-7-5-9-19-10-6-8-12-21-16-14-18-4-2;1-3-12-8-5-6-9-14-11-7-10-13-4-2;1-3-11-7-5-6-8-13-10-9-12-4-2;1-3-10-7-5-6-8-12-9-11-4-2/h2*3-16H2,1-2H3;3-11H2,1-2H3;3-10H2,1-2H3;3-9H2,1-2H3. The zero-order valence-corrected chi connectivity index (χ0v) is 54.5. The van der Waals surface area contributed by atoms with E-state index in [9.17, 15) is 0 Å². The zero-order chi connectivity index (χ0) is 60.2. The van der Waals surface area contributed by atoms with Gasteiger partial charge in [-0.3, -0.25) is 0 Å². The van der Waals surface area contributed by atoms with Crippen LogP contribution in [0.3, 0.4) is 0 Å². The molecule has 0 bridgehead atoms. The summed E-state index contributed by atoms with van der Waals surface area (Å²) in [5.74, 6) is 0. The van der Waals surface area contributed by atoms with Crippen molar-refractivity contribution in [3.8, 4) is 0 Å². The van der Waals surface area contributed by atoms with Crippen LogP contribution < -0.4 is 0 Å². The molecule has 0 atom stereocenters. The minimum Gasteiger partial charge on any atom is -0.382 e. The third-order valence-corrected chi connectivity index (χ3v) is 10.4. The lowest BCUT2D eigenvalue weighted by molar-refractivity contribution is -0.0511. The summed E-state index contributed by atoms with van der Waals surface area (Å²) >= 11 is 0. The maximum atomic E-state index is 5.56. The van der Waals surface area contributed by atoms with Gasteiger partial charge in [0.2, 0.25) is 0 Å². The Kier molecular flexibility index (Phi) is 108. The molecule has 0 aromatic carbocycles. The molecule has 0 aliphatic rings. The quantitative estimate of drug-likeness (QED) is 0.0415. The van der Waals surface area contributed by atoms with Gasteiger partial charge in [0, 0.05) is 172 Å². The fourth-order valence-electron chi connectivity index (χ4n) is 6.03. The van der Waals surface area contributed by atoms with Crippen molar-refractivity contribution in [2.24, 2.45) is 0 Å². The molecule has 0 aliphatic carbocycles. The molecule has 0 N–H and O–H groups in total. The first-order chi connectivity index (χ1) is 40.1. The topological polar surface area (TPSA) is 175 Å². The molecule has 0 radical (unpaired) electrons. The summed E-state index contributed by atoms with van der Waals surface area (Å²) in [5.41, 5.74) is 0. The van der Waals surface area contributed by atoms with Crippen LogP contribution in [-0.4, -0.2) is 245 Å². The number of rotatable bonds is 66. The van der Waals surface area contributed by atoms with Gasteiger partial charge in [-0.05, 0) is 166 Å². The van der Waals surface area contributed by atoms with Gasteiger partial charge in [-0.15, -0.1) is 0 Å². The van der Waals surface area contributed by atoms with Crippen molar-refractivity contribution < 1.29 is 90.0 Å². The van der Waals surface area contributed by atoms with Crippen molar-refractivity contribution in [2.45, 2.75) is 166 Å². The Morgan fingerprint density at radius 2 is 0.235 bits per heavy atom. The molecular weight excluding hydrogens is 1050 g/mol. The molecule has 0 aromatic heterocycles. The van der Waals surface area contributed by atoms with Crippen molar-refractivity contribution in [2.75, 3.05) is 245 Å². The lowest BCUT2D eigenvalue weighted by Gasteiger charge is -2.06. The van der Waals surface area contributed by atoms with Crippen LogP contribution in [0.4, 0.5) is 0 Å². The average molecular weight is 1180 g/mol. The molecule has 0 aromatic rings. The number of unbranched alkanes of at least 4 members (excludes halogenated alkanes) is 7. The summed E-state index contributed by atoms with van der Waals surface area (Å²) in [6.07, 6.45) is 15.9. The highest BCUT2D eigenvalue weighted by atomic mass is 16.7.